The first-order valence-electron chi connectivity index (χ1n) is 10.9. The number of benzene rings is 2. The van der Waals surface area contributed by atoms with E-state index in [9.17, 15) is 13.2 Å². The SMILES string of the molecule is CC(C)CC(=O)N1CCc2cc(CNS(=O)(=O)c3ccc4c(c3)CCCC4)ccc21. The number of carbonyl (C=O) groups excluding carboxylic acids is 1. The highest BCUT2D eigenvalue weighted by Gasteiger charge is 2.25. The van der Waals surface area contributed by atoms with Gasteiger partial charge in [0.25, 0.3) is 0 Å². The molecule has 4 rings (SSSR count). The molecule has 1 heterocycles. The van der Waals surface area contributed by atoms with Gasteiger partial charge in [-0.2, -0.15) is 0 Å². The van der Waals surface area contributed by atoms with Crippen LogP contribution < -0.4 is 9.62 Å². The first-order chi connectivity index (χ1) is 14.3. The van der Waals surface area contributed by atoms with E-state index < -0.39 is 10.0 Å². The minimum atomic E-state index is -3.56. The molecule has 5 nitrogen and oxygen atoms in total. The van der Waals surface area contributed by atoms with Crippen molar-refractivity contribution >= 4 is 21.6 Å². The summed E-state index contributed by atoms with van der Waals surface area (Å²) < 4.78 is 28.4. The van der Waals surface area contributed by atoms with Gasteiger partial charge in [-0.3, -0.25) is 4.79 Å². The van der Waals surface area contributed by atoms with Gasteiger partial charge in [-0.25, -0.2) is 13.1 Å². The monoisotopic (exact) mass is 426 g/mol. The van der Waals surface area contributed by atoms with Crippen molar-refractivity contribution in [1.29, 1.82) is 0 Å². The summed E-state index contributed by atoms with van der Waals surface area (Å²) in [7, 11) is -3.56. The number of nitrogens with zero attached hydrogens (tertiary/aromatic N) is 1. The van der Waals surface area contributed by atoms with Gasteiger partial charge in [-0.15, -0.1) is 0 Å². The van der Waals surface area contributed by atoms with Gasteiger partial charge in [-0.05, 0) is 78.5 Å². The maximum absolute atomic E-state index is 12.8. The summed E-state index contributed by atoms with van der Waals surface area (Å²) in [5, 5.41) is 0. The second-order valence-corrected chi connectivity index (χ2v) is 10.6. The van der Waals surface area contributed by atoms with E-state index in [0.717, 1.165) is 48.1 Å². The molecule has 0 spiro atoms. The van der Waals surface area contributed by atoms with Crippen molar-refractivity contribution < 1.29 is 13.2 Å². The van der Waals surface area contributed by atoms with Gasteiger partial charge in [0, 0.05) is 25.2 Å². The van der Waals surface area contributed by atoms with Crippen molar-refractivity contribution in [2.45, 2.75) is 63.8 Å². The first kappa shape index (κ1) is 21.1. The summed E-state index contributed by atoms with van der Waals surface area (Å²) in [6.45, 7) is 5.04. The lowest BCUT2D eigenvalue weighted by molar-refractivity contribution is -0.119. The van der Waals surface area contributed by atoms with Crippen molar-refractivity contribution in [2.24, 2.45) is 5.92 Å². The number of hydrogen-bond acceptors (Lipinski definition) is 3. The Morgan fingerprint density at radius 1 is 1.00 bits per heavy atom. The van der Waals surface area contributed by atoms with Crippen molar-refractivity contribution in [3.8, 4) is 0 Å². The van der Waals surface area contributed by atoms with E-state index >= 15 is 0 Å². The van der Waals surface area contributed by atoms with E-state index in [0.29, 0.717) is 23.8 Å². The van der Waals surface area contributed by atoms with E-state index in [1.807, 2.05) is 49.1 Å². The molecule has 2 aromatic rings. The third kappa shape index (κ3) is 4.44. The standard InChI is InChI=1S/C24H30N2O3S/c1-17(2)13-24(27)26-12-11-21-14-18(7-10-23(21)26)16-25-30(28,29)22-9-8-19-5-3-4-6-20(19)15-22/h7-10,14-15,17,25H,3-6,11-13,16H2,1-2H3. The molecular formula is C24H30N2O3S. The van der Waals surface area contributed by atoms with E-state index in [4.69, 9.17) is 0 Å². The van der Waals surface area contributed by atoms with E-state index in [2.05, 4.69) is 4.72 Å². The number of sulfonamides is 1. The van der Waals surface area contributed by atoms with Crippen LogP contribution in [0.1, 0.15) is 55.4 Å². The lowest BCUT2D eigenvalue weighted by atomic mass is 9.92. The Hall–Kier alpha value is -2.18. The molecule has 0 unspecified atom stereocenters. The normalized spacial score (nSPS) is 15.9. The predicted molar refractivity (Wildman–Crippen MR) is 119 cm³/mol. The zero-order valence-corrected chi connectivity index (χ0v) is 18.6. The Labute approximate surface area is 179 Å². The van der Waals surface area contributed by atoms with E-state index in [-0.39, 0.29) is 12.5 Å². The van der Waals surface area contributed by atoms with Gasteiger partial charge in [0.1, 0.15) is 0 Å². The number of fused-ring (bicyclic) bond motifs is 2. The van der Waals surface area contributed by atoms with Crippen molar-refractivity contribution in [2.75, 3.05) is 11.4 Å². The molecule has 0 atom stereocenters. The number of amides is 1. The number of hydrogen-bond donors (Lipinski definition) is 1. The summed E-state index contributed by atoms with van der Waals surface area (Å²) >= 11 is 0. The van der Waals surface area contributed by atoms with Gasteiger partial charge >= 0.3 is 0 Å². The predicted octanol–water partition coefficient (Wildman–Crippen LogP) is 3.98. The van der Waals surface area contributed by atoms with Gasteiger partial charge in [0.2, 0.25) is 15.9 Å². The molecule has 1 N–H and O–H groups in total. The summed E-state index contributed by atoms with van der Waals surface area (Å²) in [5.74, 6) is 0.489. The summed E-state index contributed by atoms with van der Waals surface area (Å²) in [6.07, 6.45) is 5.64. The molecule has 0 saturated carbocycles. The highest BCUT2D eigenvalue weighted by atomic mass is 32.2. The van der Waals surface area contributed by atoms with E-state index in [1.165, 1.54) is 12.0 Å². The molecule has 0 aromatic heterocycles. The Kier molecular flexibility index (Phi) is 5.98. The third-order valence-corrected chi connectivity index (χ3v) is 7.42. The second kappa shape index (κ2) is 8.52. The third-order valence-electron chi connectivity index (χ3n) is 6.02. The lowest BCUT2D eigenvalue weighted by Crippen LogP contribution is -2.29. The summed E-state index contributed by atoms with van der Waals surface area (Å²) in [6, 6.07) is 11.4. The summed E-state index contributed by atoms with van der Waals surface area (Å²) in [5.41, 5.74) is 5.41. The zero-order valence-electron chi connectivity index (χ0n) is 17.8. The average molecular weight is 427 g/mol. The molecular weight excluding hydrogens is 396 g/mol. The van der Waals surface area contributed by atoms with Gasteiger partial charge in [0.05, 0.1) is 4.90 Å². The molecule has 6 heteroatoms. The molecule has 1 amide bonds. The van der Waals surface area contributed by atoms with Crippen LogP contribution in [0.2, 0.25) is 0 Å². The van der Waals surface area contributed by atoms with Crippen LogP contribution in [0, 0.1) is 5.92 Å². The Bertz CT molecular complexity index is 1060. The molecule has 2 aliphatic rings. The minimum absolute atomic E-state index is 0.157. The maximum Gasteiger partial charge on any atom is 0.240 e. The van der Waals surface area contributed by atoms with Gasteiger partial charge in [0.15, 0.2) is 0 Å². The molecule has 1 aliphatic carbocycles. The van der Waals surface area contributed by atoms with Crippen LogP contribution in [0.4, 0.5) is 5.69 Å². The fourth-order valence-corrected chi connectivity index (χ4v) is 5.49. The molecule has 0 saturated heterocycles. The average Bonchev–Trinajstić information content (AvgIpc) is 3.15. The molecule has 0 bridgehead atoms. The molecule has 0 fully saturated rings. The van der Waals surface area contributed by atoms with E-state index in [1.54, 1.807) is 6.07 Å². The Morgan fingerprint density at radius 3 is 2.53 bits per heavy atom. The van der Waals surface area contributed by atoms with Crippen molar-refractivity contribution in [3.63, 3.8) is 0 Å². The van der Waals surface area contributed by atoms with Gasteiger partial charge in [-0.1, -0.05) is 32.0 Å². The molecule has 30 heavy (non-hydrogen) atoms. The van der Waals surface area contributed by atoms with Crippen LogP contribution in [0.5, 0.6) is 0 Å². The van der Waals surface area contributed by atoms with Crippen LogP contribution in [0.25, 0.3) is 0 Å². The Balaban J connectivity index is 1.45. The fraction of sp³-hybridized carbons (Fsp3) is 0.458. The topological polar surface area (TPSA) is 66.5 Å². The lowest BCUT2D eigenvalue weighted by Gasteiger charge is -2.19. The zero-order chi connectivity index (χ0) is 21.3. The quantitative estimate of drug-likeness (QED) is 0.760. The Morgan fingerprint density at radius 2 is 1.77 bits per heavy atom. The fourth-order valence-electron chi connectivity index (χ4n) is 4.42. The van der Waals surface area contributed by atoms with Crippen LogP contribution in [-0.2, 0) is 40.6 Å². The van der Waals surface area contributed by atoms with Crippen molar-refractivity contribution in [3.05, 3.63) is 58.7 Å². The maximum atomic E-state index is 12.8. The number of rotatable bonds is 6. The molecule has 2 aromatic carbocycles. The van der Waals surface area contributed by atoms with Crippen LogP contribution in [0.15, 0.2) is 41.3 Å². The second-order valence-electron chi connectivity index (χ2n) is 8.82. The number of carbonyl (C=O) groups is 1. The van der Waals surface area contributed by atoms with Gasteiger partial charge < -0.3 is 4.90 Å². The number of anilines is 1. The molecule has 0 radical (unpaired) electrons. The molecule has 1 aliphatic heterocycles. The smallest absolute Gasteiger partial charge is 0.240 e. The molecule has 160 valence electrons. The number of aryl methyl sites for hydroxylation is 2. The van der Waals surface area contributed by atoms with Crippen LogP contribution >= 0.6 is 0 Å². The number of nitrogens with one attached hydrogen (secondary N) is 1. The van der Waals surface area contributed by atoms with Crippen LogP contribution in [-0.4, -0.2) is 20.9 Å². The van der Waals surface area contributed by atoms with Crippen LogP contribution in [0.3, 0.4) is 0 Å². The largest absolute Gasteiger partial charge is 0.312 e. The minimum Gasteiger partial charge on any atom is -0.312 e. The first-order valence-corrected chi connectivity index (χ1v) is 12.4. The summed E-state index contributed by atoms with van der Waals surface area (Å²) in [4.78, 5) is 14.7. The highest BCUT2D eigenvalue weighted by molar-refractivity contribution is 7.89. The highest BCUT2D eigenvalue weighted by Crippen LogP contribution is 2.30. The van der Waals surface area contributed by atoms with Crippen molar-refractivity contribution in [1.82, 2.24) is 4.72 Å².